The van der Waals surface area contributed by atoms with E-state index in [2.05, 4.69) is 46.8 Å². The SMILES string of the molecule is CN1CC[C@H]2Cn3c(c(C4CCCCC4)c4ccc(C(=O)O)cc43)-c3ccccc3[C@@H]21. The highest BCUT2D eigenvalue weighted by atomic mass is 16.4. The van der Waals surface area contributed by atoms with Gasteiger partial charge in [-0.1, -0.05) is 49.6 Å². The summed E-state index contributed by atoms with van der Waals surface area (Å²) in [5.74, 6) is 0.270. The summed E-state index contributed by atoms with van der Waals surface area (Å²) in [4.78, 5) is 14.3. The van der Waals surface area contributed by atoms with Crippen LogP contribution in [0.1, 0.15) is 72.0 Å². The molecule has 6 rings (SSSR count). The third-order valence-corrected chi connectivity index (χ3v) is 8.09. The van der Waals surface area contributed by atoms with E-state index in [9.17, 15) is 9.90 Å². The molecular weight excluding hydrogens is 384 g/mol. The molecule has 160 valence electrons. The topological polar surface area (TPSA) is 45.5 Å². The van der Waals surface area contributed by atoms with E-state index >= 15 is 0 Å². The average Bonchev–Trinajstić information content (AvgIpc) is 3.27. The van der Waals surface area contributed by atoms with Crippen molar-refractivity contribution in [3.8, 4) is 11.3 Å². The van der Waals surface area contributed by atoms with Gasteiger partial charge in [-0.25, -0.2) is 4.79 Å². The lowest BCUT2D eigenvalue weighted by Crippen LogP contribution is -2.22. The van der Waals surface area contributed by atoms with Crippen LogP contribution in [0.3, 0.4) is 0 Å². The van der Waals surface area contributed by atoms with Gasteiger partial charge in [0.2, 0.25) is 0 Å². The van der Waals surface area contributed by atoms with Crippen LogP contribution < -0.4 is 0 Å². The fourth-order valence-electron chi connectivity index (χ4n) is 6.71. The highest BCUT2D eigenvalue weighted by molar-refractivity contribution is 5.98. The predicted molar refractivity (Wildman–Crippen MR) is 124 cm³/mol. The highest BCUT2D eigenvalue weighted by Crippen LogP contribution is 2.50. The molecule has 2 atom stereocenters. The van der Waals surface area contributed by atoms with Crippen LogP contribution in [-0.2, 0) is 6.54 Å². The number of aromatic nitrogens is 1. The minimum absolute atomic E-state index is 0.389. The molecule has 2 fully saturated rings. The van der Waals surface area contributed by atoms with Crippen molar-refractivity contribution in [1.82, 2.24) is 9.47 Å². The number of hydrogen-bond acceptors (Lipinski definition) is 2. The van der Waals surface area contributed by atoms with E-state index in [1.807, 2.05) is 6.07 Å². The predicted octanol–water partition coefficient (Wildman–Crippen LogP) is 6.06. The maximum Gasteiger partial charge on any atom is 0.335 e. The van der Waals surface area contributed by atoms with E-state index in [1.165, 1.54) is 66.3 Å². The number of likely N-dealkylation sites (tertiary alicyclic amines) is 1. The first kappa shape index (κ1) is 19.1. The lowest BCUT2D eigenvalue weighted by atomic mass is 9.81. The van der Waals surface area contributed by atoms with Crippen LogP contribution >= 0.6 is 0 Å². The van der Waals surface area contributed by atoms with Gasteiger partial charge in [-0.2, -0.15) is 0 Å². The number of carboxylic acid groups (broad SMARTS) is 1. The summed E-state index contributed by atoms with van der Waals surface area (Å²) in [6, 6.07) is 15.2. The standard InChI is InChI=1S/C27H30N2O2/c1-28-14-13-19-16-29-23-15-18(27(30)31)11-12-22(23)24(17-7-3-2-4-8-17)26(29)21-10-6-5-9-20(21)25(19)28/h5-6,9-12,15,17,19,25H,2-4,7-8,13-14,16H2,1H3,(H,30,31)/t19-,25+/m0/s1. The Labute approximate surface area is 183 Å². The second kappa shape index (κ2) is 7.23. The molecular formula is C27H30N2O2. The minimum Gasteiger partial charge on any atom is -0.478 e. The van der Waals surface area contributed by atoms with E-state index < -0.39 is 5.97 Å². The first-order valence-corrected chi connectivity index (χ1v) is 11.8. The summed E-state index contributed by atoms with van der Waals surface area (Å²) in [5, 5.41) is 11.0. The summed E-state index contributed by atoms with van der Waals surface area (Å²) in [6.07, 6.45) is 7.58. The van der Waals surface area contributed by atoms with Crippen LogP contribution in [0.25, 0.3) is 22.2 Å². The number of nitrogens with zero attached hydrogens (tertiary/aromatic N) is 2. The fraction of sp³-hybridized carbons (Fsp3) is 0.444. The monoisotopic (exact) mass is 414 g/mol. The van der Waals surface area contributed by atoms with E-state index in [1.54, 1.807) is 6.07 Å². The quantitative estimate of drug-likeness (QED) is 0.554. The number of carbonyl (C=O) groups is 1. The van der Waals surface area contributed by atoms with E-state index in [0.29, 0.717) is 23.4 Å². The molecule has 1 N–H and O–H groups in total. The molecule has 0 amide bonds. The summed E-state index contributed by atoms with van der Waals surface area (Å²) in [7, 11) is 2.25. The average molecular weight is 415 g/mol. The van der Waals surface area contributed by atoms with Crippen LogP contribution in [0.4, 0.5) is 0 Å². The minimum atomic E-state index is -0.843. The molecule has 0 unspecified atom stereocenters. The lowest BCUT2D eigenvalue weighted by Gasteiger charge is -2.26. The van der Waals surface area contributed by atoms with Gasteiger partial charge in [0.1, 0.15) is 0 Å². The molecule has 4 heteroatoms. The van der Waals surface area contributed by atoms with Crippen molar-refractivity contribution in [3.63, 3.8) is 0 Å². The summed E-state index contributed by atoms with van der Waals surface area (Å²) >= 11 is 0. The molecule has 2 aromatic carbocycles. The van der Waals surface area contributed by atoms with Gasteiger partial charge >= 0.3 is 5.97 Å². The van der Waals surface area contributed by atoms with Crippen LogP contribution in [0.5, 0.6) is 0 Å². The molecule has 3 aromatic rings. The molecule has 0 bridgehead atoms. The van der Waals surface area contributed by atoms with Crippen LogP contribution in [0, 0.1) is 5.92 Å². The number of fused-ring (bicyclic) bond motifs is 7. The molecule has 1 aromatic heterocycles. The zero-order valence-electron chi connectivity index (χ0n) is 18.2. The van der Waals surface area contributed by atoms with Gasteiger partial charge in [0.05, 0.1) is 11.3 Å². The van der Waals surface area contributed by atoms with E-state index in [4.69, 9.17) is 0 Å². The van der Waals surface area contributed by atoms with Gasteiger partial charge in [0.25, 0.3) is 0 Å². The number of rotatable bonds is 2. The molecule has 1 saturated carbocycles. The van der Waals surface area contributed by atoms with Crippen molar-refractivity contribution >= 4 is 16.9 Å². The van der Waals surface area contributed by atoms with Crippen molar-refractivity contribution in [3.05, 3.63) is 59.2 Å². The van der Waals surface area contributed by atoms with Crippen molar-refractivity contribution in [2.45, 2.75) is 57.0 Å². The van der Waals surface area contributed by atoms with Gasteiger partial charge in [0, 0.05) is 29.1 Å². The van der Waals surface area contributed by atoms with Crippen molar-refractivity contribution in [1.29, 1.82) is 0 Å². The summed E-state index contributed by atoms with van der Waals surface area (Å²) in [5.41, 5.74) is 7.15. The fourth-order valence-corrected chi connectivity index (χ4v) is 6.71. The summed E-state index contributed by atoms with van der Waals surface area (Å²) < 4.78 is 2.49. The van der Waals surface area contributed by atoms with Gasteiger partial charge < -0.3 is 9.67 Å². The zero-order valence-corrected chi connectivity index (χ0v) is 18.2. The Balaban J connectivity index is 1.68. The second-order valence-electron chi connectivity index (χ2n) is 9.81. The van der Waals surface area contributed by atoms with Crippen LogP contribution in [0.15, 0.2) is 42.5 Å². The Kier molecular flexibility index (Phi) is 4.46. The zero-order chi connectivity index (χ0) is 21.1. The molecule has 1 saturated heterocycles. The second-order valence-corrected chi connectivity index (χ2v) is 9.81. The van der Waals surface area contributed by atoms with Crippen LogP contribution in [-0.4, -0.2) is 34.1 Å². The molecule has 1 aliphatic carbocycles. The first-order valence-electron chi connectivity index (χ1n) is 11.8. The van der Waals surface area contributed by atoms with Gasteiger partial charge in [-0.15, -0.1) is 0 Å². The molecule has 0 spiro atoms. The van der Waals surface area contributed by atoms with E-state index in [-0.39, 0.29) is 0 Å². The number of benzene rings is 2. The summed E-state index contributed by atoms with van der Waals surface area (Å²) in [6.45, 7) is 2.08. The maximum absolute atomic E-state index is 11.8. The Hall–Kier alpha value is -2.59. The smallest absolute Gasteiger partial charge is 0.335 e. The lowest BCUT2D eigenvalue weighted by molar-refractivity contribution is 0.0697. The maximum atomic E-state index is 11.8. The van der Waals surface area contributed by atoms with Gasteiger partial charge in [0.15, 0.2) is 0 Å². The van der Waals surface area contributed by atoms with Crippen molar-refractivity contribution < 1.29 is 9.90 Å². The highest BCUT2D eigenvalue weighted by Gasteiger charge is 2.39. The third kappa shape index (κ3) is 2.88. The van der Waals surface area contributed by atoms with Crippen LogP contribution in [0.2, 0.25) is 0 Å². The molecule has 4 nitrogen and oxygen atoms in total. The van der Waals surface area contributed by atoms with E-state index in [0.717, 1.165) is 18.6 Å². The van der Waals surface area contributed by atoms with Crippen molar-refractivity contribution in [2.75, 3.05) is 13.6 Å². The molecule has 2 aliphatic heterocycles. The molecule has 3 aliphatic rings. The number of hydrogen-bond donors (Lipinski definition) is 1. The first-order chi connectivity index (χ1) is 15.1. The normalized spacial score (nSPS) is 23.9. The number of carboxylic acids is 1. The number of aromatic carboxylic acids is 1. The largest absolute Gasteiger partial charge is 0.478 e. The van der Waals surface area contributed by atoms with Gasteiger partial charge in [-0.05, 0) is 68.0 Å². The Morgan fingerprint density at radius 3 is 2.65 bits per heavy atom. The molecule has 0 radical (unpaired) electrons. The Morgan fingerprint density at radius 1 is 1.03 bits per heavy atom. The third-order valence-electron chi connectivity index (χ3n) is 8.09. The molecule has 31 heavy (non-hydrogen) atoms. The Morgan fingerprint density at radius 2 is 1.84 bits per heavy atom. The molecule has 3 heterocycles. The van der Waals surface area contributed by atoms with Crippen molar-refractivity contribution in [2.24, 2.45) is 5.92 Å². The van der Waals surface area contributed by atoms with Gasteiger partial charge in [-0.3, -0.25) is 4.90 Å². The Bertz CT molecular complexity index is 1170.